The van der Waals surface area contributed by atoms with Crippen LogP contribution in [-0.2, 0) is 4.79 Å². The molecule has 0 heterocycles. The van der Waals surface area contributed by atoms with Gasteiger partial charge in [-0.2, -0.15) is 0 Å². The summed E-state index contributed by atoms with van der Waals surface area (Å²) in [5.41, 5.74) is 0.511. The number of fused-ring (bicyclic) bond motifs is 1. The fraction of sp³-hybridized carbons (Fsp3) is 0.800. The maximum absolute atomic E-state index is 11.8. The van der Waals surface area contributed by atoms with Crippen LogP contribution < -0.4 is 0 Å². The molecule has 0 unspecified atom stereocenters. The average Bonchev–Trinajstić information content (AvgIpc) is 2.24. The summed E-state index contributed by atoms with van der Waals surface area (Å²) in [6.07, 6.45) is 5.19. The van der Waals surface area contributed by atoms with Gasteiger partial charge in [-0.05, 0) is 55.9 Å². The molecule has 2 aliphatic carbocycles. The molecule has 0 aromatic carbocycles. The first kappa shape index (κ1) is 12.8. The summed E-state index contributed by atoms with van der Waals surface area (Å²) in [7, 11) is 0. The van der Waals surface area contributed by atoms with Crippen molar-refractivity contribution >= 4 is 5.78 Å². The number of rotatable bonds is 0. The van der Waals surface area contributed by atoms with E-state index < -0.39 is 5.60 Å². The monoisotopic (exact) mass is 236 g/mol. The number of carbonyl (C=O) groups is 1. The zero-order valence-electron chi connectivity index (χ0n) is 11.4. The number of Topliss-reactive ketones (excluding diaryl/α,β-unsaturated/α-hetero) is 1. The van der Waals surface area contributed by atoms with Crippen LogP contribution in [0.2, 0.25) is 0 Å². The van der Waals surface area contributed by atoms with E-state index in [0.29, 0.717) is 30.1 Å². The predicted molar refractivity (Wildman–Crippen MR) is 68.6 cm³/mol. The smallest absolute Gasteiger partial charge is 0.158 e. The molecule has 1 N–H and O–H groups in total. The maximum Gasteiger partial charge on any atom is 0.158 e. The molecule has 0 aromatic heterocycles. The Morgan fingerprint density at radius 2 is 1.94 bits per heavy atom. The summed E-state index contributed by atoms with van der Waals surface area (Å²) in [6, 6.07) is 0. The van der Waals surface area contributed by atoms with E-state index in [1.807, 2.05) is 13.8 Å². The van der Waals surface area contributed by atoms with Crippen LogP contribution >= 0.6 is 0 Å². The van der Waals surface area contributed by atoms with Crippen molar-refractivity contribution in [1.82, 2.24) is 0 Å². The fourth-order valence-corrected chi connectivity index (χ4v) is 3.55. The molecule has 0 radical (unpaired) electrons. The Morgan fingerprint density at radius 3 is 2.53 bits per heavy atom. The summed E-state index contributed by atoms with van der Waals surface area (Å²) in [6.45, 7) is 8.36. The van der Waals surface area contributed by atoms with Crippen LogP contribution in [0.4, 0.5) is 0 Å². The molecule has 2 aliphatic rings. The van der Waals surface area contributed by atoms with Crippen molar-refractivity contribution in [2.24, 2.45) is 17.3 Å². The minimum atomic E-state index is -0.672. The first-order valence-corrected chi connectivity index (χ1v) is 6.66. The van der Waals surface area contributed by atoms with Crippen molar-refractivity contribution in [1.29, 1.82) is 0 Å². The van der Waals surface area contributed by atoms with Gasteiger partial charge in [0, 0.05) is 6.42 Å². The van der Waals surface area contributed by atoms with E-state index in [1.54, 1.807) is 0 Å². The van der Waals surface area contributed by atoms with Gasteiger partial charge in [0.25, 0.3) is 0 Å². The van der Waals surface area contributed by atoms with Gasteiger partial charge >= 0.3 is 0 Å². The van der Waals surface area contributed by atoms with E-state index in [-0.39, 0.29) is 5.78 Å². The Balaban J connectivity index is 2.26. The molecule has 2 nitrogen and oxygen atoms in total. The molecule has 96 valence electrons. The molecule has 2 heteroatoms. The number of carbonyl (C=O) groups excluding carboxylic acids is 1. The Hall–Kier alpha value is -0.630. The topological polar surface area (TPSA) is 37.3 Å². The first-order chi connectivity index (χ1) is 7.74. The van der Waals surface area contributed by atoms with Gasteiger partial charge in [0.2, 0.25) is 0 Å². The molecule has 17 heavy (non-hydrogen) atoms. The van der Waals surface area contributed by atoms with Gasteiger partial charge in [-0.25, -0.2) is 0 Å². The summed E-state index contributed by atoms with van der Waals surface area (Å²) in [5, 5.41) is 10.6. The Labute approximate surface area is 104 Å². The lowest BCUT2D eigenvalue weighted by Crippen LogP contribution is -2.54. The number of hydrogen-bond acceptors (Lipinski definition) is 2. The van der Waals surface area contributed by atoms with E-state index in [9.17, 15) is 9.90 Å². The third-order valence-corrected chi connectivity index (χ3v) is 5.01. The molecule has 0 bridgehead atoms. The van der Waals surface area contributed by atoms with E-state index >= 15 is 0 Å². The maximum atomic E-state index is 11.8. The largest absolute Gasteiger partial charge is 0.390 e. The van der Waals surface area contributed by atoms with Crippen LogP contribution in [0.15, 0.2) is 11.6 Å². The van der Waals surface area contributed by atoms with Crippen LogP contribution in [0.1, 0.15) is 53.4 Å². The number of allylic oxidation sites excluding steroid dienone is 2. The highest BCUT2D eigenvalue weighted by Crippen LogP contribution is 2.57. The molecule has 0 amide bonds. The molecule has 0 spiro atoms. The quantitative estimate of drug-likeness (QED) is 0.701. The molecule has 1 saturated carbocycles. The standard InChI is InChI=1S/C15H24O2/c1-10-5-6-11-12(9-14(11,2)3)15(4,17)8-7-13(10)16/h5,11-12,17H,6-9H2,1-4H3/b10-5-/t11-,12+,15-/m1/s1. The number of aliphatic hydroxyl groups is 1. The Kier molecular flexibility index (Phi) is 2.97. The summed E-state index contributed by atoms with van der Waals surface area (Å²) in [4.78, 5) is 11.8. The van der Waals surface area contributed by atoms with Gasteiger partial charge < -0.3 is 5.11 Å². The van der Waals surface area contributed by atoms with Crippen LogP contribution in [-0.4, -0.2) is 16.5 Å². The second-order valence-electron chi connectivity index (χ2n) is 6.81. The van der Waals surface area contributed by atoms with Gasteiger partial charge in [0.1, 0.15) is 0 Å². The highest BCUT2D eigenvalue weighted by atomic mass is 16.3. The fourth-order valence-electron chi connectivity index (χ4n) is 3.55. The molecule has 0 saturated heterocycles. The predicted octanol–water partition coefficient (Wildman–Crippen LogP) is 3.10. The van der Waals surface area contributed by atoms with E-state index in [1.165, 1.54) is 0 Å². The van der Waals surface area contributed by atoms with Crippen molar-refractivity contribution in [3.05, 3.63) is 11.6 Å². The minimum Gasteiger partial charge on any atom is -0.390 e. The van der Waals surface area contributed by atoms with Crippen molar-refractivity contribution in [3.8, 4) is 0 Å². The molecular weight excluding hydrogens is 212 g/mol. The van der Waals surface area contributed by atoms with Gasteiger partial charge in [0.05, 0.1) is 5.60 Å². The molecule has 3 atom stereocenters. The highest BCUT2D eigenvalue weighted by molar-refractivity contribution is 5.94. The third kappa shape index (κ3) is 2.20. The zero-order valence-corrected chi connectivity index (χ0v) is 11.4. The van der Waals surface area contributed by atoms with Gasteiger partial charge in [0.15, 0.2) is 5.78 Å². The van der Waals surface area contributed by atoms with Crippen molar-refractivity contribution < 1.29 is 9.90 Å². The lowest BCUT2D eigenvalue weighted by molar-refractivity contribution is -0.141. The number of hydrogen-bond donors (Lipinski definition) is 1. The second-order valence-corrected chi connectivity index (χ2v) is 6.81. The lowest BCUT2D eigenvalue weighted by atomic mass is 9.50. The lowest BCUT2D eigenvalue weighted by Gasteiger charge is -2.56. The summed E-state index contributed by atoms with van der Waals surface area (Å²) in [5.74, 6) is 1.06. The Morgan fingerprint density at radius 1 is 1.29 bits per heavy atom. The van der Waals surface area contributed by atoms with Crippen molar-refractivity contribution in [2.45, 2.75) is 59.0 Å². The van der Waals surface area contributed by atoms with Gasteiger partial charge in [-0.1, -0.05) is 19.9 Å². The first-order valence-electron chi connectivity index (χ1n) is 6.66. The summed E-state index contributed by atoms with van der Waals surface area (Å²) >= 11 is 0. The van der Waals surface area contributed by atoms with Gasteiger partial charge in [-0.15, -0.1) is 0 Å². The zero-order chi connectivity index (χ0) is 12.8. The highest BCUT2D eigenvalue weighted by Gasteiger charge is 2.53. The average molecular weight is 236 g/mol. The summed E-state index contributed by atoms with van der Waals surface area (Å²) < 4.78 is 0. The van der Waals surface area contributed by atoms with Crippen molar-refractivity contribution in [3.63, 3.8) is 0 Å². The third-order valence-electron chi connectivity index (χ3n) is 5.01. The van der Waals surface area contributed by atoms with E-state index in [2.05, 4.69) is 19.9 Å². The van der Waals surface area contributed by atoms with E-state index in [0.717, 1.165) is 18.4 Å². The number of ketones is 1. The second kappa shape index (κ2) is 3.94. The molecule has 2 rings (SSSR count). The molecular formula is C15H24O2. The van der Waals surface area contributed by atoms with Crippen molar-refractivity contribution in [2.75, 3.05) is 0 Å². The Bertz CT molecular complexity index is 363. The van der Waals surface area contributed by atoms with Crippen LogP contribution in [0, 0.1) is 17.3 Å². The van der Waals surface area contributed by atoms with Crippen LogP contribution in [0.25, 0.3) is 0 Å². The van der Waals surface area contributed by atoms with Gasteiger partial charge in [-0.3, -0.25) is 4.79 Å². The van der Waals surface area contributed by atoms with Crippen LogP contribution in [0.3, 0.4) is 0 Å². The molecule has 0 aromatic rings. The van der Waals surface area contributed by atoms with E-state index in [4.69, 9.17) is 0 Å². The SMILES string of the molecule is C/C1=C/C[C@@H]2[C@H](CC2(C)C)[C@](C)(O)CCC1=O. The normalized spacial score (nSPS) is 44.5. The molecule has 0 aliphatic heterocycles. The minimum absolute atomic E-state index is 0.199. The van der Waals surface area contributed by atoms with Crippen LogP contribution in [0.5, 0.6) is 0 Å². The molecule has 1 fully saturated rings.